The number of carboxylic acids is 1. The summed E-state index contributed by atoms with van der Waals surface area (Å²) in [5.74, 6) is -0.553. The van der Waals surface area contributed by atoms with Gasteiger partial charge >= 0.3 is 12.1 Å². The van der Waals surface area contributed by atoms with Crippen LogP contribution in [0, 0.1) is 0 Å². The van der Waals surface area contributed by atoms with Crippen molar-refractivity contribution in [2.75, 3.05) is 32.9 Å². The van der Waals surface area contributed by atoms with Crippen molar-refractivity contribution in [1.29, 1.82) is 0 Å². The van der Waals surface area contributed by atoms with E-state index in [9.17, 15) is 27.5 Å². The van der Waals surface area contributed by atoms with Gasteiger partial charge in [0.2, 0.25) is 0 Å². The molecular weight excluding hydrogens is 466 g/mol. The Morgan fingerprint density at radius 1 is 1.26 bits per heavy atom. The van der Waals surface area contributed by atoms with Crippen LogP contribution in [0.1, 0.15) is 53.0 Å². The van der Waals surface area contributed by atoms with Crippen LogP contribution < -0.4 is 4.74 Å². The molecule has 4 rings (SSSR count). The molecule has 2 aliphatic heterocycles. The minimum Gasteiger partial charge on any atom is -0.487 e. The maximum atomic E-state index is 13.5. The number of nitrogens with zero attached hydrogens (tertiary/aromatic N) is 3. The second-order valence-electron chi connectivity index (χ2n) is 9.25. The first-order valence-electron chi connectivity index (χ1n) is 11.7. The van der Waals surface area contributed by atoms with Crippen LogP contribution in [0.25, 0.3) is 0 Å². The zero-order valence-electron chi connectivity index (χ0n) is 19.5. The summed E-state index contributed by atoms with van der Waals surface area (Å²) in [6, 6.07) is 6.70. The number of carboxylic acid groups (broad SMARTS) is 1. The van der Waals surface area contributed by atoms with Crippen LogP contribution >= 0.6 is 0 Å². The second kappa shape index (κ2) is 10.5. The van der Waals surface area contributed by atoms with Crippen molar-refractivity contribution in [3.05, 3.63) is 58.9 Å². The van der Waals surface area contributed by atoms with Crippen LogP contribution in [0.4, 0.5) is 17.6 Å². The molecule has 3 atom stereocenters. The molecule has 1 aromatic heterocycles. The Balaban J connectivity index is 1.57. The number of likely N-dealkylation sites (tertiary alicyclic amines) is 1. The number of pyridine rings is 1. The summed E-state index contributed by atoms with van der Waals surface area (Å²) in [7, 11) is 0. The van der Waals surface area contributed by atoms with Crippen molar-refractivity contribution < 1.29 is 32.2 Å². The second-order valence-corrected chi connectivity index (χ2v) is 9.25. The van der Waals surface area contributed by atoms with Gasteiger partial charge in [0.1, 0.15) is 11.9 Å². The highest BCUT2D eigenvalue weighted by Crippen LogP contribution is 2.39. The molecule has 0 unspecified atom stereocenters. The predicted molar refractivity (Wildman–Crippen MR) is 121 cm³/mol. The number of ether oxygens (including phenoxy) is 1. The molecule has 1 saturated heterocycles. The third kappa shape index (κ3) is 6.10. The lowest BCUT2D eigenvalue weighted by molar-refractivity contribution is -0.155. The van der Waals surface area contributed by atoms with Gasteiger partial charge in [-0.05, 0) is 61.6 Å². The van der Waals surface area contributed by atoms with Crippen molar-refractivity contribution in [2.45, 2.75) is 50.6 Å². The Bertz CT molecular complexity index is 1030. The zero-order valence-corrected chi connectivity index (χ0v) is 19.5. The smallest absolute Gasteiger partial charge is 0.401 e. The van der Waals surface area contributed by atoms with Gasteiger partial charge in [-0.1, -0.05) is 6.07 Å². The molecule has 0 radical (unpaired) electrons. The first kappa shape index (κ1) is 25.4. The molecule has 6 nitrogen and oxygen atoms in total. The van der Waals surface area contributed by atoms with Crippen molar-refractivity contribution in [1.82, 2.24) is 14.8 Å². The van der Waals surface area contributed by atoms with Crippen LogP contribution in [0.2, 0.25) is 0 Å². The first-order valence-corrected chi connectivity index (χ1v) is 11.7. The number of hydrogen-bond acceptors (Lipinski definition) is 5. The standard InChI is InChI=1S/C25H29F4N3O3/c1-16-11-18-12-17(24(33)34)3-5-21(18)23(32(16)15-25(27,28)29)22-6-4-19(13-30-22)35-20-7-10-31(14-20)9-2-8-26/h3-6,12-13,16,20,23H,2,7-11,14-15H2,1H3,(H,33,34)/t16-,20+,23+/m1/s1. The molecule has 2 aliphatic rings. The quantitative estimate of drug-likeness (QED) is 0.545. The number of benzene rings is 1. The van der Waals surface area contributed by atoms with Gasteiger partial charge in [0.25, 0.3) is 0 Å². The SMILES string of the molecule is C[C@@H]1Cc2cc(C(=O)O)ccc2[C@@H](c2ccc(O[C@H]3CCN(CCCF)C3)cn2)N1CC(F)(F)F. The Labute approximate surface area is 201 Å². The summed E-state index contributed by atoms with van der Waals surface area (Å²) >= 11 is 0. The van der Waals surface area contributed by atoms with E-state index < -0.39 is 30.8 Å². The molecule has 0 aliphatic carbocycles. The maximum Gasteiger partial charge on any atom is 0.401 e. The number of hydrogen-bond donors (Lipinski definition) is 1. The Hall–Kier alpha value is -2.72. The molecule has 2 aromatic rings. The molecule has 1 aromatic carbocycles. The van der Waals surface area contributed by atoms with E-state index in [0.29, 0.717) is 48.5 Å². The zero-order chi connectivity index (χ0) is 25.2. The molecule has 35 heavy (non-hydrogen) atoms. The first-order chi connectivity index (χ1) is 16.6. The fraction of sp³-hybridized carbons (Fsp3) is 0.520. The van der Waals surface area contributed by atoms with Crippen molar-refractivity contribution >= 4 is 5.97 Å². The van der Waals surface area contributed by atoms with E-state index in [1.54, 1.807) is 31.2 Å². The lowest BCUT2D eigenvalue weighted by Gasteiger charge is -2.42. The third-order valence-electron chi connectivity index (χ3n) is 6.64. The summed E-state index contributed by atoms with van der Waals surface area (Å²) in [5, 5.41) is 9.34. The van der Waals surface area contributed by atoms with E-state index in [0.717, 1.165) is 13.0 Å². The molecular formula is C25H29F4N3O3. The summed E-state index contributed by atoms with van der Waals surface area (Å²) in [6.07, 6.45) is -1.31. The van der Waals surface area contributed by atoms with Crippen LogP contribution in [-0.4, -0.2) is 77.0 Å². The van der Waals surface area contributed by atoms with Crippen molar-refractivity contribution in [2.24, 2.45) is 0 Å². The highest BCUT2D eigenvalue weighted by Gasteiger charge is 2.41. The number of rotatable bonds is 8. The topological polar surface area (TPSA) is 65.9 Å². The minimum atomic E-state index is -4.40. The van der Waals surface area contributed by atoms with Gasteiger partial charge in [0, 0.05) is 25.7 Å². The number of aromatic carboxylic acids is 1. The maximum absolute atomic E-state index is 13.5. The third-order valence-corrected chi connectivity index (χ3v) is 6.64. The average Bonchev–Trinajstić information content (AvgIpc) is 3.25. The largest absolute Gasteiger partial charge is 0.487 e. The molecule has 3 heterocycles. The molecule has 1 fully saturated rings. The fourth-order valence-electron chi connectivity index (χ4n) is 5.03. The highest BCUT2D eigenvalue weighted by molar-refractivity contribution is 5.88. The summed E-state index contributed by atoms with van der Waals surface area (Å²) < 4.78 is 58.8. The molecule has 10 heteroatoms. The number of carbonyl (C=O) groups is 1. The lowest BCUT2D eigenvalue weighted by atomic mass is 9.85. The Morgan fingerprint density at radius 3 is 2.71 bits per heavy atom. The van der Waals surface area contributed by atoms with Gasteiger partial charge in [-0.2, -0.15) is 13.2 Å². The number of alkyl halides is 4. The van der Waals surface area contributed by atoms with Crippen LogP contribution in [0.5, 0.6) is 5.75 Å². The normalized spacial score (nSPS) is 23.3. The molecule has 0 bridgehead atoms. The Morgan fingerprint density at radius 2 is 2.06 bits per heavy atom. The predicted octanol–water partition coefficient (Wildman–Crippen LogP) is 4.49. The van der Waals surface area contributed by atoms with Gasteiger partial charge in [0.15, 0.2) is 0 Å². The van der Waals surface area contributed by atoms with Crippen LogP contribution in [0.3, 0.4) is 0 Å². The Kier molecular flexibility index (Phi) is 7.61. The van der Waals surface area contributed by atoms with E-state index in [1.807, 2.05) is 0 Å². The van der Waals surface area contributed by atoms with Gasteiger partial charge in [-0.3, -0.25) is 19.2 Å². The summed E-state index contributed by atoms with van der Waals surface area (Å²) in [6.45, 7) is 2.47. The lowest BCUT2D eigenvalue weighted by Crippen LogP contribution is -2.47. The van der Waals surface area contributed by atoms with Gasteiger partial charge in [-0.25, -0.2) is 4.79 Å². The number of aromatic nitrogens is 1. The molecule has 0 saturated carbocycles. The highest BCUT2D eigenvalue weighted by atomic mass is 19.4. The summed E-state index contributed by atoms with van der Waals surface area (Å²) in [5.41, 5.74) is 1.88. The molecule has 1 N–H and O–H groups in total. The van der Waals surface area contributed by atoms with E-state index in [4.69, 9.17) is 4.74 Å². The van der Waals surface area contributed by atoms with E-state index in [1.165, 1.54) is 17.2 Å². The minimum absolute atomic E-state index is 0.0474. The van der Waals surface area contributed by atoms with E-state index >= 15 is 0 Å². The van der Waals surface area contributed by atoms with Gasteiger partial charge in [0.05, 0.1) is 36.7 Å². The van der Waals surface area contributed by atoms with Gasteiger partial charge < -0.3 is 9.84 Å². The van der Waals surface area contributed by atoms with Crippen molar-refractivity contribution in [3.63, 3.8) is 0 Å². The fourth-order valence-corrected chi connectivity index (χ4v) is 5.03. The monoisotopic (exact) mass is 495 g/mol. The van der Waals surface area contributed by atoms with Crippen molar-refractivity contribution in [3.8, 4) is 5.75 Å². The van der Waals surface area contributed by atoms with Crippen LogP contribution in [0.15, 0.2) is 36.5 Å². The molecule has 190 valence electrons. The number of fused-ring (bicyclic) bond motifs is 1. The molecule has 0 amide bonds. The molecule has 0 spiro atoms. The van der Waals surface area contributed by atoms with Gasteiger partial charge in [-0.15, -0.1) is 0 Å². The number of halogens is 4. The van der Waals surface area contributed by atoms with E-state index in [2.05, 4.69) is 9.88 Å². The average molecular weight is 496 g/mol. The van der Waals surface area contributed by atoms with Crippen LogP contribution in [-0.2, 0) is 6.42 Å². The van der Waals surface area contributed by atoms with E-state index in [-0.39, 0.29) is 18.3 Å². The summed E-state index contributed by atoms with van der Waals surface area (Å²) in [4.78, 5) is 19.4.